The molecule has 0 aliphatic carbocycles. The smallest absolute Gasteiger partial charge is 0.0345 e. The molecule has 1 atom stereocenters. The lowest BCUT2D eigenvalue weighted by molar-refractivity contribution is 0.645. The van der Waals surface area contributed by atoms with Crippen molar-refractivity contribution in [3.05, 3.63) is 29.3 Å². The van der Waals surface area contributed by atoms with Gasteiger partial charge in [-0.2, -0.15) is 0 Å². The van der Waals surface area contributed by atoms with E-state index in [2.05, 4.69) is 51.2 Å². The molecule has 0 spiro atoms. The number of hydrogen-bond donors (Lipinski definition) is 1. The Bertz CT molecular complexity index is 304. The van der Waals surface area contributed by atoms with Crippen molar-refractivity contribution in [3.8, 4) is 0 Å². The molecule has 0 bridgehead atoms. The maximum absolute atomic E-state index is 3.54. The van der Waals surface area contributed by atoms with Gasteiger partial charge in [0, 0.05) is 11.7 Å². The molecule has 0 radical (unpaired) electrons. The molecule has 1 nitrogen and oxygen atoms in total. The lowest BCUT2D eigenvalue weighted by Crippen LogP contribution is -2.14. The Labute approximate surface area is 93.9 Å². The average molecular weight is 205 g/mol. The minimum absolute atomic E-state index is 0.576. The van der Waals surface area contributed by atoms with Crippen molar-refractivity contribution in [1.82, 2.24) is 0 Å². The standard InChI is InChI=1S/C14H23N/c1-5-6-7-13(4)15-14-9-8-11(2)12(3)10-14/h8-10,13,15H,5-7H2,1-4H3. The molecular formula is C14H23N. The van der Waals surface area contributed by atoms with Gasteiger partial charge in [0.05, 0.1) is 0 Å². The maximum atomic E-state index is 3.54. The predicted octanol–water partition coefficient (Wildman–Crippen LogP) is 4.29. The van der Waals surface area contributed by atoms with E-state index in [1.165, 1.54) is 36.1 Å². The maximum Gasteiger partial charge on any atom is 0.0345 e. The fourth-order valence-electron chi connectivity index (χ4n) is 1.70. The first-order chi connectivity index (χ1) is 7.13. The summed E-state index contributed by atoms with van der Waals surface area (Å²) in [6, 6.07) is 7.17. The Kier molecular flexibility index (Phi) is 4.67. The van der Waals surface area contributed by atoms with Gasteiger partial charge in [-0.15, -0.1) is 0 Å². The Morgan fingerprint density at radius 1 is 1.20 bits per heavy atom. The highest BCUT2D eigenvalue weighted by Gasteiger charge is 2.01. The SMILES string of the molecule is CCCCC(C)Nc1ccc(C)c(C)c1. The molecule has 1 N–H and O–H groups in total. The third-order valence-corrected chi connectivity index (χ3v) is 2.91. The van der Waals surface area contributed by atoms with Gasteiger partial charge < -0.3 is 5.32 Å². The normalized spacial score (nSPS) is 12.5. The van der Waals surface area contributed by atoms with Gasteiger partial charge in [0.25, 0.3) is 0 Å². The van der Waals surface area contributed by atoms with Gasteiger partial charge in [-0.1, -0.05) is 25.8 Å². The summed E-state index contributed by atoms with van der Waals surface area (Å²) in [5, 5.41) is 3.54. The van der Waals surface area contributed by atoms with E-state index < -0.39 is 0 Å². The first-order valence-electron chi connectivity index (χ1n) is 5.97. The highest BCUT2D eigenvalue weighted by atomic mass is 14.9. The Morgan fingerprint density at radius 3 is 2.53 bits per heavy atom. The van der Waals surface area contributed by atoms with Crippen molar-refractivity contribution >= 4 is 5.69 Å². The van der Waals surface area contributed by atoms with Gasteiger partial charge >= 0.3 is 0 Å². The quantitative estimate of drug-likeness (QED) is 0.756. The van der Waals surface area contributed by atoms with Crippen LogP contribution in [0.5, 0.6) is 0 Å². The lowest BCUT2D eigenvalue weighted by Gasteiger charge is -2.15. The molecule has 1 heteroatoms. The number of unbranched alkanes of at least 4 members (excludes halogenated alkanes) is 1. The minimum atomic E-state index is 0.576. The van der Waals surface area contributed by atoms with Crippen LogP contribution < -0.4 is 5.32 Å². The van der Waals surface area contributed by atoms with Gasteiger partial charge in [0.15, 0.2) is 0 Å². The van der Waals surface area contributed by atoms with Crippen LogP contribution in [0.2, 0.25) is 0 Å². The highest BCUT2D eigenvalue weighted by Crippen LogP contribution is 2.16. The number of aryl methyl sites for hydroxylation is 2. The van der Waals surface area contributed by atoms with Crippen LogP contribution in [0.1, 0.15) is 44.2 Å². The molecule has 0 heterocycles. The fourth-order valence-corrected chi connectivity index (χ4v) is 1.70. The zero-order valence-corrected chi connectivity index (χ0v) is 10.4. The number of anilines is 1. The van der Waals surface area contributed by atoms with Crippen LogP contribution in [0.25, 0.3) is 0 Å². The van der Waals surface area contributed by atoms with Gasteiger partial charge in [-0.25, -0.2) is 0 Å². The van der Waals surface area contributed by atoms with E-state index in [0.29, 0.717) is 6.04 Å². The summed E-state index contributed by atoms with van der Waals surface area (Å²) < 4.78 is 0. The average Bonchev–Trinajstić information content (AvgIpc) is 2.20. The van der Waals surface area contributed by atoms with Crippen LogP contribution in [0, 0.1) is 13.8 Å². The summed E-state index contributed by atoms with van der Waals surface area (Å²) in [5.41, 5.74) is 3.98. The molecule has 84 valence electrons. The second-order valence-electron chi connectivity index (χ2n) is 4.49. The van der Waals surface area contributed by atoms with Gasteiger partial charge in [-0.05, 0) is 50.5 Å². The van der Waals surface area contributed by atoms with E-state index >= 15 is 0 Å². The summed E-state index contributed by atoms with van der Waals surface area (Å²) in [6.45, 7) is 8.81. The molecule has 0 saturated carbocycles. The topological polar surface area (TPSA) is 12.0 Å². The number of benzene rings is 1. The van der Waals surface area contributed by atoms with Crippen LogP contribution in [0.15, 0.2) is 18.2 Å². The van der Waals surface area contributed by atoms with Crippen molar-refractivity contribution < 1.29 is 0 Å². The number of hydrogen-bond acceptors (Lipinski definition) is 1. The molecule has 1 aromatic rings. The molecule has 0 saturated heterocycles. The Hall–Kier alpha value is -0.980. The summed E-state index contributed by atoms with van der Waals surface area (Å²) in [5.74, 6) is 0. The first-order valence-corrected chi connectivity index (χ1v) is 5.97. The van der Waals surface area contributed by atoms with Gasteiger partial charge in [-0.3, -0.25) is 0 Å². The lowest BCUT2D eigenvalue weighted by atomic mass is 10.1. The van der Waals surface area contributed by atoms with Gasteiger partial charge in [0.1, 0.15) is 0 Å². The van der Waals surface area contributed by atoms with Crippen LogP contribution in [0.4, 0.5) is 5.69 Å². The second kappa shape index (κ2) is 5.79. The minimum Gasteiger partial charge on any atom is -0.383 e. The third-order valence-electron chi connectivity index (χ3n) is 2.91. The van der Waals surface area contributed by atoms with Crippen molar-refractivity contribution in [2.24, 2.45) is 0 Å². The van der Waals surface area contributed by atoms with Crippen LogP contribution in [-0.2, 0) is 0 Å². The van der Waals surface area contributed by atoms with Crippen molar-refractivity contribution in [1.29, 1.82) is 0 Å². The van der Waals surface area contributed by atoms with E-state index in [4.69, 9.17) is 0 Å². The van der Waals surface area contributed by atoms with Crippen LogP contribution in [-0.4, -0.2) is 6.04 Å². The predicted molar refractivity (Wildman–Crippen MR) is 68.5 cm³/mol. The van der Waals surface area contributed by atoms with E-state index in [9.17, 15) is 0 Å². The summed E-state index contributed by atoms with van der Waals surface area (Å²) >= 11 is 0. The molecule has 0 aliphatic heterocycles. The van der Waals surface area contributed by atoms with Crippen molar-refractivity contribution in [3.63, 3.8) is 0 Å². The molecule has 1 rings (SSSR count). The van der Waals surface area contributed by atoms with Crippen LogP contribution >= 0.6 is 0 Å². The van der Waals surface area contributed by atoms with E-state index in [-0.39, 0.29) is 0 Å². The molecular weight excluding hydrogens is 182 g/mol. The summed E-state index contributed by atoms with van der Waals surface area (Å²) in [7, 11) is 0. The first kappa shape index (κ1) is 12.1. The van der Waals surface area contributed by atoms with E-state index in [1.807, 2.05) is 0 Å². The Morgan fingerprint density at radius 2 is 1.93 bits per heavy atom. The summed E-state index contributed by atoms with van der Waals surface area (Å²) in [4.78, 5) is 0. The van der Waals surface area contributed by atoms with E-state index in [0.717, 1.165) is 0 Å². The Balaban J connectivity index is 2.53. The molecule has 0 fully saturated rings. The summed E-state index contributed by atoms with van der Waals surface area (Å²) in [6.07, 6.45) is 3.83. The fraction of sp³-hybridized carbons (Fsp3) is 0.571. The van der Waals surface area contributed by atoms with Gasteiger partial charge in [0.2, 0.25) is 0 Å². The zero-order chi connectivity index (χ0) is 11.3. The zero-order valence-electron chi connectivity index (χ0n) is 10.4. The van der Waals surface area contributed by atoms with E-state index in [1.54, 1.807) is 0 Å². The molecule has 0 aliphatic rings. The van der Waals surface area contributed by atoms with Crippen molar-refractivity contribution in [2.75, 3.05) is 5.32 Å². The third kappa shape index (κ3) is 3.94. The number of nitrogens with one attached hydrogen (secondary N) is 1. The molecule has 1 aromatic carbocycles. The number of rotatable bonds is 5. The monoisotopic (exact) mass is 205 g/mol. The largest absolute Gasteiger partial charge is 0.383 e. The van der Waals surface area contributed by atoms with Crippen molar-refractivity contribution in [2.45, 2.75) is 53.0 Å². The molecule has 0 aromatic heterocycles. The molecule has 0 amide bonds. The molecule has 1 unspecified atom stereocenters. The second-order valence-corrected chi connectivity index (χ2v) is 4.49. The highest BCUT2D eigenvalue weighted by molar-refractivity contribution is 5.48. The van der Waals surface area contributed by atoms with Crippen LogP contribution in [0.3, 0.4) is 0 Å². The molecule has 15 heavy (non-hydrogen) atoms.